The quantitative estimate of drug-likeness (QED) is 0.135. The highest BCUT2D eigenvalue weighted by atomic mass is 16.3. The molecule has 1 aliphatic rings. The van der Waals surface area contributed by atoms with Crippen LogP contribution < -0.4 is 10.6 Å². The molecule has 1 aliphatic heterocycles. The van der Waals surface area contributed by atoms with E-state index in [1.165, 1.54) is 11.1 Å². The second kappa shape index (κ2) is 17.6. The van der Waals surface area contributed by atoms with Crippen molar-refractivity contribution in [2.75, 3.05) is 13.1 Å². The van der Waals surface area contributed by atoms with Crippen LogP contribution >= 0.6 is 0 Å². The minimum Gasteiger partial charge on any atom is -0.391 e. The molecule has 0 aliphatic carbocycles. The van der Waals surface area contributed by atoms with Crippen LogP contribution in [0.1, 0.15) is 48.9 Å². The fourth-order valence-corrected chi connectivity index (χ4v) is 6.83. The average molecular weight is 647 g/mol. The van der Waals surface area contributed by atoms with Gasteiger partial charge in [0.25, 0.3) is 0 Å². The lowest BCUT2D eigenvalue weighted by atomic mass is 9.91. The molecule has 0 bridgehead atoms. The minimum absolute atomic E-state index is 0.0748. The number of amides is 3. The summed E-state index contributed by atoms with van der Waals surface area (Å²) < 4.78 is 0. The number of carbonyl (C=O) groups excluding carboxylic acids is 2. The monoisotopic (exact) mass is 646 g/mol. The first-order chi connectivity index (χ1) is 23.4. The van der Waals surface area contributed by atoms with Gasteiger partial charge in [-0.15, -0.1) is 0 Å². The molecular formula is C41H50N4O3. The lowest BCUT2D eigenvalue weighted by Gasteiger charge is -2.38. The number of aliphatic hydroxyl groups excluding tert-OH is 1. The molecule has 3 N–H and O–H groups in total. The third-order valence-corrected chi connectivity index (χ3v) is 9.20. The fourth-order valence-electron chi connectivity index (χ4n) is 6.83. The number of benzene rings is 4. The highest BCUT2D eigenvalue weighted by molar-refractivity contribution is 5.87. The van der Waals surface area contributed by atoms with Crippen molar-refractivity contribution in [2.45, 2.75) is 76.8 Å². The number of rotatable bonds is 16. The van der Waals surface area contributed by atoms with Gasteiger partial charge in [-0.3, -0.25) is 9.69 Å². The van der Waals surface area contributed by atoms with Gasteiger partial charge in [0, 0.05) is 38.3 Å². The van der Waals surface area contributed by atoms with Crippen molar-refractivity contribution < 1.29 is 14.7 Å². The molecule has 1 saturated heterocycles. The lowest BCUT2D eigenvalue weighted by Crippen LogP contribution is -2.59. The molecule has 1 heterocycles. The molecule has 0 spiro atoms. The first kappa shape index (κ1) is 34.9. The van der Waals surface area contributed by atoms with Crippen LogP contribution in [-0.4, -0.2) is 64.2 Å². The second-order valence-corrected chi connectivity index (χ2v) is 13.3. The van der Waals surface area contributed by atoms with Crippen LogP contribution in [0.15, 0.2) is 121 Å². The van der Waals surface area contributed by atoms with Gasteiger partial charge in [0.15, 0.2) is 0 Å². The smallest absolute Gasteiger partial charge is 0.318 e. The molecule has 5 rings (SSSR count). The Morgan fingerprint density at radius 1 is 0.771 bits per heavy atom. The second-order valence-electron chi connectivity index (χ2n) is 13.3. The highest BCUT2D eigenvalue weighted by Gasteiger charge is 2.36. The standard InChI is InChI=1S/C41H50N4O3/c1-31(2)39(45-25-15-24-42-41(45)48)40(47)43-36(26-32-16-7-3-8-17-32)28-38(46)37(27-33-18-9-4-10-19-33)44(29-34-20-11-5-12-21-34)30-35-22-13-6-14-23-35/h3-14,16-23,31,36-39,46H,15,24-30H2,1-2H3,(H,42,48)(H,43,47)/t36-,37-,38?,39?/m0/s1. The van der Waals surface area contributed by atoms with Gasteiger partial charge in [-0.1, -0.05) is 135 Å². The van der Waals surface area contributed by atoms with Gasteiger partial charge >= 0.3 is 6.03 Å². The number of nitrogens with zero attached hydrogens (tertiary/aromatic N) is 2. The van der Waals surface area contributed by atoms with Crippen LogP contribution in [0.4, 0.5) is 4.79 Å². The van der Waals surface area contributed by atoms with Crippen molar-refractivity contribution in [1.82, 2.24) is 20.4 Å². The van der Waals surface area contributed by atoms with Crippen molar-refractivity contribution in [1.29, 1.82) is 0 Å². The molecule has 2 unspecified atom stereocenters. The van der Waals surface area contributed by atoms with Crippen molar-refractivity contribution in [3.63, 3.8) is 0 Å². The van der Waals surface area contributed by atoms with Gasteiger partial charge in [-0.25, -0.2) is 4.79 Å². The Bertz CT molecular complexity index is 1490. The van der Waals surface area contributed by atoms with E-state index in [4.69, 9.17) is 0 Å². The van der Waals surface area contributed by atoms with Crippen LogP contribution in [0.5, 0.6) is 0 Å². The molecule has 1 fully saturated rings. The maximum absolute atomic E-state index is 14.1. The summed E-state index contributed by atoms with van der Waals surface area (Å²) in [5.74, 6) is -0.255. The summed E-state index contributed by atoms with van der Waals surface area (Å²) in [6.07, 6.45) is 1.61. The molecule has 0 aromatic heterocycles. The Morgan fingerprint density at radius 3 is 1.73 bits per heavy atom. The zero-order valence-corrected chi connectivity index (χ0v) is 28.2. The third-order valence-electron chi connectivity index (χ3n) is 9.20. The van der Waals surface area contributed by atoms with E-state index in [-0.39, 0.29) is 29.9 Å². The highest BCUT2D eigenvalue weighted by Crippen LogP contribution is 2.23. The van der Waals surface area contributed by atoms with E-state index in [2.05, 4.69) is 88.3 Å². The van der Waals surface area contributed by atoms with Crippen molar-refractivity contribution >= 4 is 11.9 Å². The zero-order chi connectivity index (χ0) is 33.7. The molecule has 4 aromatic rings. The molecule has 4 atom stereocenters. The van der Waals surface area contributed by atoms with Crippen LogP contribution in [0.2, 0.25) is 0 Å². The largest absolute Gasteiger partial charge is 0.391 e. The maximum atomic E-state index is 14.1. The van der Waals surface area contributed by atoms with Crippen LogP contribution in [0, 0.1) is 5.92 Å². The van der Waals surface area contributed by atoms with Gasteiger partial charge in [-0.2, -0.15) is 0 Å². The van der Waals surface area contributed by atoms with E-state index in [0.717, 1.165) is 17.5 Å². The van der Waals surface area contributed by atoms with Gasteiger partial charge in [0.05, 0.1) is 6.10 Å². The Balaban J connectivity index is 1.45. The number of nitrogens with one attached hydrogen (secondary N) is 2. The number of urea groups is 1. The first-order valence-corrected chi connectivity index (χ1v) is 17.3. The van der Waals surface area contributed by atoms with E-state index in [1.807, 2.05) is 62.4 Å². The topological polar surface area (TPSA) is 84.9 Å². The number of carbonyl (C=O) groups is 2. The SMILES string of the molecule is CC(C)C(C(=O)N[C@@H](Cc1ccccc1)CC(O)[C@H](Cc1ccccc1)N(Cc1ccccc1)Cc1ccccc1)N1CCCNC1=O. The molecule has 0 radical (unpaired) electrons. The molecule has 0 saturated carbocycles. The number of aliphatic hydroxyl groups is 1. The summed E-state index contributed by atoms with van der Waals surface area (Å²) in [7, 11) is 0. The lowest BCUT2D eigenvalue weighted by molar-refractivity contribution is -0.128. The van der Waals surface area contributed by atoms with E-state index in [0.29, 0.717) is 45.4 Å². The first-order valence-electron chi connectivity index (χ1n) is 17.3. The van der Waals surface area contributed by atoms with Gasteiger partial charge in [-0.05, 0) is 53.9 Å². The molecular weight excluding hydrogens is 596 g/mol. The van der Waals surface area contributed by atoms with Crippen molar-refractivity contribution in [3.05, 3.63) is 144 Å². The fraction of sp³-hybridized carbons (Fsp3) is 0.366. The summed E-state index contributed by atoms with van der Waals surface area (Å²) in [6.45, 7) is 6.46. The Morgan fingerprint density at radius 2 is 1.25 bits per heavy atom. The summed E-state index contributed by atoms with van der Waals surface area (Å²) >= 11 is 0. The zero-order valence-electron chi connectivity index (χ0n) is 28.2. The van der Waals surface area contributed by atoms with Crippen molar-refractivity contribution in [3.8, 4) is 0 Å². The Labute approximate surface area is 286 Å². The Kier molecular flexibility index (Phi) is 12.8. The van der Waals surface area contributed by atoms with E-state index < -0.39 is 12.1 Å². The predicted molar refractivity (Wildman–Crippen MR) is 192 cm³/mol. The van der Waals surface area contributed by atoms with Crippen LogP contribution in [0.25, 0.3) is 0 Å². The molecule has 252 valence electrons. The minimum atomic E-state index is -0.762. The molecule has 7 nitrogen and oxygen atoms in total. The van der Waals surface area contributed by atoms with Gasteiger partial charge in [0.1, 0.15) is 6.04 Å². The molecule has 3 amide bonds. The van der Waals surface area contributed by atoms with Gasteiger partial charge < -0.3 is 20.6 Å². The van der Waals surface area contributed by atoms with Crippen LogP contribution in [0.3, 0.4) is 0 Å². The summed E-state index contributed by atoms with van der Waals surface area (Å²) in [5.41, 5.74) is 4.57. The maximum Gasteiger partial charge on any atom is 0.318 e. The molecule has 48 heavy (non-hydrogen) atoms. The Hall–Kier alpha value is -4.46. The number of hydrogen-bond donors (Lipinski definition) is 3. The summed E-state index contributed by atoms with van der Waals surface area (Å²) in [4.78, 5) is 30.9. The predicted octanol–water partition coefficient (Wildman–Crippen LogP) is 6.22. The van der Waals surface area contributed by atoms with Gasteiger partial charge in [0.2, 0.25) is 5.91 Å². The average Bonchev–Trinajstić information content (AvgIpc) is 3.09. The van der Waals surface area contributed by atoms with Crippen molar-refractivity contribution in [2.24, 2.45) is 5.92 Å². The van der Waals surface area contributed by atoms with Crippen LogP contribution in [-0.2, 0) is 30.7 Å². The third kappa shape index (κ3) is 10.0. The summed E-state index contributed by atoms with van der Waals surface area (Å²) in [6, 6.07) is 39.8. The van der Waals surface area contributed by atoms with E-state index in [9.17, 15) is 14.7 Å². The molecule has 4 aromatic carbocycles. The normalized spacial score (nSPS) is 15.9. The van der Waals surface area contributed by atoms with E-state index >= 15 is 0 Å². The van der Waals surface area contributed by atoms with E-state index in [1.54, 1.807) is 4.90 Å². The summed E-state index contributed by atoms with van der Waals surface area (Å²) in [5, 5.41) is 18.5. The molecule has 7 heteroatoms. The number of hydrogen-bond acceptors (Lipinski definition) is 4.